The molecule has 129 heavy (non-hydrogen) atoms. The maximum atomic E-state index is 13.8. The third kappa shape index (κ3) is 33.1. The number of para-hydroxylation sites is 1. The van der Waals surface area contributed by atoms with Gasteiger partial charge in [0.1, 0.15) is 37.7 Å². The molecule has 710 valence electrons. The van der Waals surface area contributed by atoms with Crippen LogP contribution >= 0.6 is 11.3 Å². The Labute approximate surface area is 758 Å². The average molecular weight is 1820 g/mol. The largest absolute Gasteiger partial charge is 0.476 e. The normalized spacial score (nSPS) is 18.7. The zero-order chi connectivity index (χ0) is 92.0. The molecule has 3 aromatic heterocycles. The van der Waals surface area contributed by atoms with E-state index in [0.717, 1.165) is 71.1 Å². The lowest BCUT2D eigenvalue weighted by atomic mass is 9.39. The number of thiazole rings is 1. The highest BCUT2D eigenvalue weighted by Crippen LogP contribution is 2.72. The fourth-order valence-electron chi connectivity index (χ4n) is 17.9. The van der Waals surface area contributed by atoms with Gasteiger partial charge in [-0.05, 0) is 173 Å². The van der Waals surface area contributed by atoms with Crippen molar-refractivity contribution in [3.8, 4) is 11.1 Å². The van der Waals surface area contributed by atoms with Crippen LogP contribution in [0.15, 0.2) is 85.1 Å². The lowest BCUT2D eigenvalue weighted by Gasteiger charge is -2.69. The van der Waals surface area contributed by atoms with E-state index in [4.69, 9.17) is 82.1 Å². The van der Waals surface area contributed by atoms with Crippen molar-refractivity contribution in [2.45, 2.75) is 169 Å². The standard InChI is InChI=1S/C92H133N13O23S/c1-63(2)79(84(110)97-64(3)4)102-81(107)65(5)98-83(109)74(93)16-11-12-26-94-78(106)55-125-49-48-123-45-44-121-41-40-119-37-36-117-33-32-115-30-31-116-34-35-118-38-39-120-42-43-122-46-47-124-50-51-126-88(114)99-69-21-19-67(20-22-69)54-127-87(113)95-27-29-128-92-59-89(7)56-90(8,60-92)58-91(57-89,61-92)62-105-66(6)72(52-96-105)70-23-24-77(101-80(70)85(111)112)104-28-25-68-14-13-15-71(73(68)53-104)82(108)103-86-100-75-17-9-10-18-76(75)129-86/h9-10,13-15,17-24,52,63-65,74,79H,11-12,16,25-51,53-62,93H2,1-8H3,(H,94,106)(H,95,113)(H,97,110)(H,98,109)(H,99,114)(H,102,107)(H,111,112)(H,100,103,108)/t65-,74-,79-,89?,90?,91?,92?/m0/s1. The van der Waals surface area contributed by atoms with E-state index >= 15 is 0 Å². The Morgan fingerprint density at radius 3 is 1.73 bits per heavy atom. The lowest BCUT2D eigenvalue weighted by Crippen LogP contribution is -2.64. The number of aromatic carboxylic acids is 1. The van der Waals surface area contributed by atoms with E-state index in [1.54, 1.807) is 30.5 Å². The van der Waals surface area contributed by atoms with Crippen molar-refractivity contribution in [2.75, 3.05) is 194 Å². The molecule has 1 aliphatic heterocycles. The van der Waals surface area contributed by atoms with Gasteiger partial charge < -0.3 is 109 Å². The number of alkyl carbamates (subject to hydrolysis) is 1. The van der Waals surface area contributed by atoms with Crippen LogP contribution < -0.4 is 47.9 Å². The average Bonchev–Trinajstić information content (AvgIpc) is 1.03. The smallest absolute Gasteiger partial charge is 0.411 e. The molecule has 4 heterocycles. The summed E-state index contributed by atoms with van der Waals surface area (Å²) in [5, 5.41) is 35.6. The second kappa shape index (κ2) is 52.0. The Morgan fingerprint density at radius 2 is 1.15 bits per heavy atom. The minimum absolute atomic E-state index is 0.0173. The third-order valence-electron chi connectivity index (χ3n) is 22.8. The first kappa shape index (κ1) is 102. The summed E-state index contributed by atoms with van der Waals surface area (Å²) in [4.78, 5) is 114. The monoisotopic (exact) mass is 1820 g/mol. The topological polar surface area (TPSA) is 443 Å². The van der Waals surface area contributed by atoms with Crippen LogP contribution in [0.4, 0.5) is 26.2 Å². The van der Waals surface area contributed by atoms with E-state index in [1.165, 1.54) is 18.3 Å². The van der Waals surface area contributed by atoms with Crippen LogP contribution in [0.5, 0.6) is 0 Å². The Hall–Kier alpha value is -9.45. The van der Waals surface area contributed by atoms with Gasteiger partial charge >= 0.3 is 18.2 Å². The molecule has 0 saturated heterocycles. The Bertz CT molecular complexity index is 4500. The maximum Gasteiger partial charge on any atom is 0.411 e. The van der Waals surface area contributed by atoms with Crippen molar-refractivity contribution in [3.63, 3.8) is 0 Å². The van der Waals surface area contributed by atoms with Crippen LogP contribution in [0.3, 0.4) is 0 Å². The zero-order valence-electron chi connectivity index (χ0n) is 75.9. The number of aromatic nitrogens is 4. The van der Waals surface area contributed by atoms with E-state index in [0.29, 0.717) is 217 Å². The highest BCUT2D eigenvalue weighted by Gasteiger charge is 2.66. The number of carboxylic acids is 1. The van der Waals surface area contributed by atoms with Crippen molar-refractivity contribution in [1.29, 1.82) is 0 Å². The predicted molar refractivity (Wildman–Crippen MR) is 482 cm³/mol. The number of unbranched alkanes of at least 4 members (excludes halogenated alkanes) is 1. The maximum absolute atomic E-state index is 13.8. The van der Waals surface area contributed by atoms with Crippen LogP contribution in [0.25, 0.3) is 21.3 Å². The molecule has 4 saturated carbocycles. The molecule has 37 heteroatoms. The number of amides is 7. The van der Waals surface area contributed by atoms with E-state index in [-0.39, 0.29) is 91.2 Å². The zero-order valence-corrected chi connectivity index (χ0v) is 76.7. The van der Waals surface area contributed by atoms with Gasteiger partial charge in [0.2, 0.25) is 23.6 Å². The first-order valence-corrected chi connectivity index (χ1v) is 45.7. The molecule has 0 spiro atoms. The Balaban J connectivity index is 0.468. The molecule has 5 aliphatic rings. The van der Waals surface area contributed by atoms with E-state index < -0.39 is 53.7 Å². The molecular formula is C92H133N13O23S. The molecule has 5 atom stereocenters. The Kier molecular flexibility index (Phi) is 41.0. The van der Waals surface area contributed by atoms with E-state index in [2.05, 4.69) is 56.0 Å². The summed E-state index contributed by atoms with van der Waals surface area (Å²) >= 11 is 1.42. The Morgan fingerprint density at radius 1 is 0.558 bits per heavy atom. The highest BCUT2D eigenvalue weighted by atomic mass is 32.1. The van der Waals surface area contributed by atoms with Crippen LogP contribution in [0, 0.1) is 29.1 Å². The van der Waals surface area contributed by atoms with Gasteiger partial charge in [-0.2, -0.15) is 5.10 Å². The van der Waals surface area contributed by atoms with E-state index in [1.807, 2.05) is 98.8 Å². The molecule has 6 aromatic rings. The molecule has 4 fully saturated rings. The number of hydrogen-bond donors (Lipinski definition) is 9. The molecule has 10 N–H and O–H groups in total. The number of anilines is 3. The summed E-state index contributed by atoms with van der Waals surface area (Å²) < 4.78 is 81.5. The van der Waals surface area contributed by atoms with Crippen molar-refractivity contribution in [1.82, 2.24) is 46.3 Å². The first-order valence-electron chi connectivity index (χ1n) is 44.8. The molecule has 4 bridgehead atoms. The van der Waals surface area contributed by atoms with Gasteiger partial charge in [0, 0.05) is 66.8 Å². The third-order valence-corrected chi connectivity index (χ3v) is 23.7. The molecule has 2 unspecified atom stereocenters. The number of hydrogen-bond acceptors (Lipinski definition) is 28. The summed E-state index contributed by atoms with van der Waals surface area (Å²) in [7, 11) is 0. The summed E-state index contributed by atoms with van der Waals surface area (Å²) in [6, 6.07) is 21.5. The van der Waals surface area contributed by atoms with Crippen molar-refractivity contribution >= 4 is 85.9 Å². The van der Waals surface area contributed by atoms with Crippen LogP contribution in [0.1, 0.15) is 149 Å². The number of carboxylic acid groups (broad SMARTS) is 1. The number of carbonyl (C=O) groups is 8. The van der Waals surface area contributed by atoms with Crippen LogP contribution in [0.2, 0.25) is 0 Å². The van der Waals surface area contributed by atoms with Gasteiger partial charge in [-0.3, -0.25) is 39.3 Å². The molecule has 3 aromatic carbocycles. The van der Waals surface area contributed by atoms with Gasteiger partial charge in [-0.15, -0.1) is 0 Å². The fraction of sp³-hybridized carbons (Fsp3) is 0.620. The van der Waals surface area contributed by atoms with E-state index in [9.17, 15) is 43.5 Å². The lowest BCUT2D eigenvalue weighted by molar-refractivity contribution is -0.247. The van der Waals surface area contributed by atoms with Gasteiger partial charge in [-0.1, -0.05) is 75.4 Å². The SMILES string of the molecule is Cc1c(-c2ccc(N3CCc4cccc(C(=O)Nc5nc6ccccc6s5)c4C3)nc2C(=O)O)cnn1CC12CC3(C)CC(C)(C1)CC(OCCNC(=O)OCc1ccc(NC(=O)OCCOCCOCCOCCOCCOCCOCCOCCOCCOCCOCCOCC(=O)NCCCC[C@H](N)C(=O)N[C@@H](C)C(=O)N[C@H](C(=O)NC(C)C)C(C)C)cc1)(C3)C2. The fourth-order valence-corrected chi connectivity index (χ4v) is 18.8. The number of pyridine rings is 1. The number of nitrogens with one attached hydrogen (secondary N) is 7. The number of ether oxygens (including phenoxy) is 14. The quantitative estimate of drug-likeness (QED) is 0.0161. The van der Waals surface area contributed by atoms with Crippen LogP contribution in [-0.4, -0.2) is 281 Å². The van der Waals surface area contributed by atoms with Gasteiger partial charge in [0.15, 0.2) is 10.8 Å². The molecule has 0 radical (unpaired) electrons. The first-order chi connectivity index (χ1) is 62.2. The summed E-state index contributed by atoms with van der Waals surface area (Å²) in [5.74, 6) is -2.55. The minimum atomic E-state index is -1.14. The number of fused-ring (bicyclic) bond motifs is 2. The van der Waals surface area contributed by atoms with Gasteiger partial charge in [0.25, 0.3) is 5.91 Å². The van der Waals surface area contributed by atoms with Gasteiger partial charge in [-0.25, -0.2) is 24.4 Å². The molecule has 36 nitrogen and oxygen atoms in total. The summed E-state index contributed by atoms with van der Waals surface area (Å²) in [6.45, 7) is 26.1. The molecule has 4 aliphatic carbocycles. The summed E-state index contributed by atoms with van der Waals surface area (Å²) in [5.41, 5.74) is 12.1. The number of rotatable bonds is 61. The molecule has 7 amide bonds. The second-order valence-corrected chi connectivity index (χ2v) is 35.7. The van der Waals surface area contributed by atoms with Crippen molar-refractivity contribution in [2.24, 2.45) is 27.9 Å². The molecular weight excluding hydrogens is 1690 g/mol. The number of carbonyl (C=O) groups excluding carboxylic acids is 7. The highest BCUT2D eigenvalue weighted by molar-refractivity contribution is 7.22. The number of nitrogens with two attached hydrogens (primary N) is 1. The van der Waals surface area contributed by atoms with Gasteiger partial charge in [0.05, 0.1) is 173 Å². The number of benzene rings is 3. The van der Waals surface area contributed by atoms with Crippen molar-refractivity contribution in [3.05, 3.63) is 119 Å². The number of nitrogens with zero attached hydrogens (tertiary/aromatic N) is 5. The van der Waals surface area contributed by atoms with Crippen molar-refractivity contribution < 1.29 is 110 Å². The van der Waals surface area contributed by atoms with Crippen LogP contribution in [-0.2, 0) is 112 Å². The molecule has 11 rings (SSSR count). The minimum Gasteiger partial charge on any atom is -0.476 e. The predicted octanol–water partition coefficient (Wildman–Crippen LogP) is 8.95. The summed E-state index contributed by atoms with van der Waals surface area (Å²) in [6.07, 6.45) is 8.53. The second-order valence-electron chi connectivity index (χ2n) is 34.7.